The van der Waals surface area contributed by atoms with Crippen LogP contribution in [0.15, 0.2) is 24.4 Å². The van der Waals surface area contributed by atoms with E-state index in [1.807, 2.05) is 0 Å². The Balaban J connectivity index is 2.48. The lowest BCUT2D eigenvalue weighted by Gasteiger charge is -1.97. The number of hydrogen-bond acceptors (Lipinski definition) is 3. The van der Waals surface area contributed by atoms with E-state index in [0.29, 0.717) is 11.4 Å². The Hall–Kier alpha value is -2.22. The third kappa shape index (κ3) is 1.70. The van der Waals surface area contributed by atoms with E-state index in [9.17, 15) is 4.39 Å². The summed E-state index contributed by atoms with van der Waals surface area (Å²) in [5.41, 5.74) is 0.947. The third-order valence-electron chi connectivity index (χ3n) is 1.95. The molecule has 0 aliphatic carbocycles. The van der Waals surface area contributed by atoms with Gasteiger partial charge in [0.15, 0.2) is 0 Å². The van der Waals surface area contributed by atoms with Crippen molar-refractivity contribution in [2.75, 3.05) is 0 Å². The minimum Gasteiger partial charge on any atom is -0.275 e. The Morgan fingerprint density at radius 2 is 2.13 bits per heavy atom. The predicted octanol–water partition coefficient (Wildman–Crippen LogP) is 1.49. The number of aromatic nitrogens is 3. The SMILES string of the molecule is Cn1ccc(-c2ccc(C#N)c(F)n2)n1. The van der Waals surface area contributed by atoms with Gasteiger partial charge in [0, 0.05) is 13.2 Å². The van der Waals surface area contributed by atoms with Gasteiger partial charge in [0.2, 0.25) is 5.95 Å². The van der Waals surface area contributed by atoms with Crippen molar-refractivity contribution in [3.05, 3.63) is 35.9 Å². The third-order valence-corrected chi connectivity index (χ3v) is 1.95. The van der Waals surface area contributed by atoms with Crippen LogP contribution >= 0.6 is 0 Å². The zero-order chi connectivity index (χ0) is 10.8. The standard InChI is InChI=1S/C10H7FN4/c1-15-5-4-9(14-15)8-3-2-7(6-12)10(11)13-8/h2-5H,1H3. The van der Waals surface area contributed by atoms with E-state index in [0.717, 1.165) is 0 Å². The zero-order valence-electron chi connectivity index (χ0n) is 7.98. The van der Waals surface area contributed by atoms with E-state index in [2.05, 4.69) is 10.1 Å². The average Bonchev–Trinajstić information content (AvgIpc) is 2.65. The van der Waals surface area contributed by atoms with Crippen LogP contribution in [0, 0.1) is 17.3 Å². The molecule has 2 rings (SSSR count). The molecule has 0 aromatic carbocycles. The van der Waals surface area contributed by atoms with Gasteiger partial charge in [-0.1, -0.05) is 0 Å². The van der Waals surface area contributed by atoms with Crippen LogP contribution in [0.4, 0.5) is 4.39 Å². The maximum absolute atomic E-state index is 13.2. The van der Waals surface area contributed by atoms with Crippen LogP contribution < -0.4 is 0 Å². The molecule has 5 heteroatoms. The van der Waals surface area contributed by atoms with Crippen molar-refractivity contribution in [1.29, 1.82) is 5.26 Å². The Labute approximate surface area is 85.6 Å². The Kier molecular flexibility index (Phi) is 2.18. The lowest BCUT2D eigenvalue weighted by molar-refractivity contribution is 0.581. The van der Waals surface area contributed by atoms with Gasteiger partial charge in [-0.05, 0) is 18.2 Å². The molecule has 0 saturated heterocycles. The van der Waals surface area contributed by atoms with Crippen LogP contribution in [0.5, 0.6) is 0 Å². The maximum atomic E-state index is 13.2. The van der Waals surface area contributed by atoms with Crippen molar-refractivity contribution >= 4 is 0 Å². The Morgan fingerprint density at radius 1 is 1.33 bits per heavy atom. The molecule has 2 aromatic heterocycles. The molecule has 2 heterocycles. The second-order valence-electron chi connectivity index (χ2n) is 3.02. The fraction of sp³-hybridized carbons (Fsp3) is 0.100. The van der Waals surface area contributed by atoms with Gasteiger partial charge in [-0.25, -0.2) is 4.98 Å². The summed E-state index contributed by atoms with van der Waals surface area (Å²) in [6, 6.07) is 6.41. The number of halogens is 1. The van der Waals surface area contributed by atoms with Crippen LogP contribution in [0.3, 0.4) is 0 Å². The molecule has 2 aromatic rings. The first kappa shape index (κ1) is 9.34. The van der Waals surface area contributed by atoms with Gasteiger partial charge < -0.3 is 0 Å². The quantitative estimate of drug-likeness (QED) is 0.658. The molecule has 0 amide bonds. The highest BCUT2D eigenvalue weighted by Gasteiger charge is 2.07. The largest absolute Gasteiger partial charge is 0.275 e. The maximum Gasteiger partial charge on any atom is 0.231 e. The summed E-state index contributed by atoms with van der Waals surface area (Å²) < 4.78 is 14.8. The highest BCUT2D eigenvalue weighted by atomic mass is 19.1. The van der Waals surface area contributed by atoms with Crippen molar-refractivity contribution in [2.24, 2.45) is 7.05 Å². The van der Waals surface area contributed by atoms with E-state index in [-0.39, 0.29) is 5.56 Å². The van der Waals surface area contributed by atoms with Crippen molar-refractivity contribution in [1.82, 2.24) is 14.8 Å². The van der Waals surface area contributed by atoms with Crippen LogP contribution in [0.25, 0.3) is 11.4 Å². The molecule has 0 fully saturated rings. The van der Waals surface area contributed by atoms with Crippen molar-refractivity contribution in [3.8, 4) is 17.5 Å². The van der Waals surface area contributed by atoms with E-state index in [1.54, 1.807) is 36.1 Å². The minimum atomic E-state index is -0.763. The number of aryl methyl sites for hydroxylation is 1. The molecule has 15 heavy (non-hydrogen) atoms. The normalized spacial score (nSPS) is 9.93. The monoisotopic (exact) mass is 202 g/mol. The van der Waals surface area contributed by atoms with Crippen LogP contribution in [0.2, 0.25) is 0 Å². The molecule has 0 aliphatic rings. The van der Waals surface area contributed by atoms with Crippen molar-refractivity contribution < 1.29 is 4.39 Å². The molecular weight excluding hydrogens is 195 g/mol. The Bertz CT molecular complexity index is 539. The average molecular weight is 202 g/mol. The lowest BCUT2D eigenvalue weighted by Crippen LogP contribution is -1.93. The Morgan fingerprint density at radius 3 is 2.67 bits per heavy atom. The van der Waals surface area contributed by atoms with Crippen LogP contribution in [-0.4, -0.2) is 14.8 Å². The van der Waals surface area contributed by atoms with E-state index in [1.165, 1.54) is 6.07 Å². The second-order valence-corrected chi connectivity index (χ2v) is 3.02. The number of nitriles is 1. The predicted molar refractivity (Wildman–Crippen MR) is 51.1 cm³/mol. The molecule has 0 bridgehead atoms. The highest BCUT2D eigenvalue weighted by molar-refractivity contribution is 5.54. The van der Waals surface area contributed by atoms with Crippen LogP contribution in [0.1, 0.15) is 5.56 Å². The number of nitrogens with zero attached hydrogens (tertiary/aromatic N) is 4. The molecule has 0 unspecified atom stereocenters. The first-order valence-electron chi connectivity index (χ1n) is 4.27. The topological polar surface area (TPSA) is 54.5 Å². The molecule has 0 N–H and O–H groups in total. The molecule has 0 radical (unpaired) electrons. The summed E-state index contributed by atoms with van der Waals surface area (Å²) in [5, 5.41) is 12.6. The minimum absolute atomic E-state index is 0.0605. The van der Waals surface area contributed by atoms with E-state index >= 15 is 0 Å². The van der Waals surface area contributed by atoms with E-state index in [4.69, 9.17) is 5.26 Å². The number of pyridine rings is 1. The first-order chi connectivity index (χ1) is 7.20. The van der Waals surface area contributed by atoms with Gasteiger partial charge in [0.1, 0.15) is 17.3 Å². The number of hydrogen-bond donors (Lipinski definition) is 0. The molecular formula is C10H7FN4. The molecule has 4 nitrogen and oxygen atoms in total. The summed E-state index contributed by atoms with van der Waals surface area (Å²) in [4.78, 5) is 3.66. The summed E-state index contributed by atoms with van der Waals surface area (Å²) in [7, 11) is 1.77. The molecule has 0 atom stereocenters. The smallest absolute Gasteiger partial charge is 0.231 e. The second kappa shape index (κ2) is 3.50. The van der Waals surface area contributed by atoms with Gasteiger partial charge in [0.25, 0.3) is 0 Å². The van der Waals surface area contributed by atoms with Gasteiger partial charge in [0.05, 0.1) is 5.69 Å². The van der Waals surface area contributed by atoms with Crippen LogP contribution in [-0.2, 0) is 7.05 Å². The zero-order valence-corrected chi connectivity index (χ0v) is 7.98. The fourth-order valence-corrected chi connectivity index (χ4v) is 1.21. The van der Waals surface area contributed by atoms with E-state index < -0.39 is 5.95 Å². The fourth-order valence-electron chi connectivity index (χ4n) is 1.21. The van der Waals surface area contributed by atoms with Crippen molar-refractivity contribution in [3.63, 3.8) is 0 Å². The highest BCUT2D eigenvalue weighted by Crippen LogP contribution is 2.15. The molecule has 74 valence electrons. The summed E-state index contributed by atoms with van der Waals surface area (Å²) in [5.74, 6) is -0.763. The van der Waals surface area contributed by atoms with Gasteiger partial charge in [-0.3, -0.25) is 4.68 Å². The lowest BCUT2D eigenvalue weighted by atomic mass is 10.2. The summed E-state index contributed by atoms with van der Waals surface area (Å²) in [6.45, 7) is 0. The van der Waals surface area contributed by atoms with Gasteiger partial charge in [-0.2, -0.15) is 14.8 Å². The molecule has 0 aliphatic heterocycles. The van der Waals surface area contributed by atoms with Crippen molar-refractivity contribution in [2.45, 2.75) is 0 Å². The summed E-state index contributed by atoms with van der Waals surface area (Å²) in [6.07, 6.45) is 1.74. The first-order valence-corrected chi connectivity index (χ1v) is 4.27. The van der Waals surface area contributed by atoms with Gasteiger partial charge in [-0.15, -0.1) is 0 Å². The summed E-state index contributed by atoms with van der Waals surface area (Å²) >= 11 is 0. The number of rotatable bonds is 1. The molecule has 0 spiro atoms. The molecule has 0 saturated carbocycles. The van der Waals surface area contributed by atoms with Gasteiger partial charge >= 0.3 is 0 Å².